The fourth-order valence-electron chi connectivity index (χ4n) is 3.75. The van der Waals surface area contributed by atoms with Crippen molar-refractivity contribution in [2.45, 2.75) is 39.3 Å². The summed E-state index contributed by atoms with van der Waals surface area (Å²) in [5, 5.41) is 12.0. The number of fused-ring (bicyclic) bond motifs is 1. The van der Waals surface area contributed by atoms with Gasteiger partial charge in [0.1, 0.15) is 15.5 Å². The molecular formula is C21H23F2N5O2S. The number of nitrogen functional groups attached to an aromatic ring is 1. The fraction of sp³-hybridized carbons (Fsp3) is 0.381. The first-order chi connectivity index (χ1) is 14.6. The number of benzene rings is 1. The van der Waals surface area contributed by atoms with Crippen molar-refractivity contribution in [1.29, 1.82) is 0 Å². The Morgan fingerprint density at radius 2 is 2.06 bits per heavy atom. The molecule has 164 valence electrons. The number of thiophene rings is 1. The third-order valence-electron chi connectivity index (χ3n) is 5.36. The molecule has 1 aliphatic rings. The molecule has 10 heteroatoms. The lowest BCUT2D eigenvalue weighted by Crippen LogP contribution is -2.37. The molecule has 3 aromatic rings. The number of carbonyl (C=O) groups excluding carboxylic acids is 1. The van der Waals surface area contributed by atoms with Crippen LogP contribution in [0.3, 0.4) is 0 Å². The molecule has 2 aromatic heterocycles. The van der Waals surface area contributed by atoms with Crippen molar-refractivity contribution < 1.29 is 18.3 Å². The highest BCUT2D eigenvalue weighted by atomic mass is 32.1. The zero-order valence-corrected chi connectivity index (χ0v) is 18.2. The molecule has 31 heavy (non-hydrogen) atoms. The quantitative estimate of drug-likeness (QED) is 0.616. The van der Waals surface area contributed by atoms with E-state index in [1.54, 1.807) is 18.2 Å². The summed E-state index contributed by atoms with van der Waals surface area (Å²) < 4.78 is 31.6. The Hall–Kier alpha value is -3.01. The van der Waals surface area contributed by atoms with E-state index in [9.17, 15) is 13.6 Å². The van der Waals surface area contributed by atoms with Crippen LogP contribution in [0.5, 0.6) is 5.75 Å². The summed E-state index contributed by atoms with van der Waals surface area (Å²) >= 11 is 1.22. The fourth-order valence-corrected chi connectivity index (χ4v) is 4.76. The molecule has 1 unspecified atom stereocenters. The highest BCUT2D eigenvalue weighted by Crippen LogP contribution is 2.36. The average Bonchev–Trinajstić information content (AvgIpc) is 3.29. The van der Waals surface area contributed by atoms with E-state index in [0.717, 1.165) is 16.6 Å². The maximum atomic E-state index is 13.4. The van der Waals surface area contributed by atoms with Crippen LogP contribution >= 0.6 is 11.3 Å². The number of hydrogen-bond donors (Lipinski definition) is 2. The Morgan fingerprint density at radius 1 is 1.32 bits per heavy atom. The van der Waals surface area contributed by atoms with Crippen molar-refractivity contribution in [1.82, 2.24) is 15.5 Å². The van der Waals surface area contributed by atoms with Gasteiger partial charge in [0.15, 0.2) is 0 Å². The van der Waals surface area contributed by atoms with Crippen molar-refractivity contribution in [3.05, 3.63) is 40.4 Å². The van der Waals surface area contributed by atoms with Gasteiger partial charge in [-0.2, -0.15) is 13.9 Å². The predicted molar refractivity (Wildman–Crippen MR) is 117 cm³/mol. The molecule has 3 N–H and O–H groups in total. The van der Waals surface area contributed by atoms with E-state index >= 15 is 0 Å². The Balaban J connectivity index is 1.50. The lowest BCUT2D eigenvalue weighted by atomic mass is 10.1. The van der Waals surface area contributed by atoms with Gasteiger partial charge in [0.05, 0.1) is 17.1 Å². The smallest absolute Gasteiger partial charge is 0.394 e. The van der Waals surface area contributed by atoms with Gasteiger partial charge in [-0.15, -0.1) is 16.4 Å². The third kappa shape index (κ3) is 4.25. The monoisotopic (exact) mass is 447 g/mol. The molecule has 1 amide bonds. The topological polar surface area (TPSA) is 93.4 Å². The van der Waals surface area contributed by atoms with Crippen molar-refractivity contribution >= 4 is 38.8 Å². The first kappa shape index (κ1) is 21.2. The normalized spacial score (nSPS) is 16.7. The number of aryl methyl sites for hydroxylation is 2. The number of rotatable bonds is 5. The van der Waals surface area contributed by atoms with Gasteiger partial charge in [0, 0.05) is 31.4 Å². The number of nitrogens with two attached hydrogens (primary N) is 1. The van der Waals surface area contributed by atoms with Gasteiger partial charge in [-0.25, -0.2) is 0 Å². The number of para-hydroxylation sites is 2. The highest BCUT2D eigenvalue weighted by Gasteiger charge is 2.30. The molecule has 1 atom stereocenters. The highest BCUT2D eigenvalue weighted by molar-refractivity contribution is 7.21. The predicted octanol–water partition coefficient (Wildman–Crippen LogP) is 3.89. The molecule has 0 saturated carbocycles. The van der Waals surface area contributed by atoms with E-state index in [4.69, 9.17) is 10.5 Å². The number of alkyl halides is 2. The van der Waals surface area contributed by atoms with Gasteiger partial charge in [0.25, 0.3) is 5.91 Å². The summed E-state index contributed by atoms with van der Waals surface area (Å²) in [5.74, 6) is -0.158. The molecule has 7 nitrogen and oxygen atoms in total. The van der Waals surface area contributed by atoms with Crippen LogP contribution in [0.25, 0.3) is 10.2 Å². The number of ether oxygens (including phenoxy) is 1. The maximum absolute atomic E-state index is 13.4. The van der Waals surface area contributed by atoms with Crippen LogP contribution in [0.2, 0.25) is 0 Å². The standard InChI is InChI=1S/C21H23F2N5O2S/c1-11-12(2)26-27-20-16(11)17(24)18(31-20)19(29)25-13-8-9-28(10-13)14-6-4-5-7-15(14)30-21(3,22)23/h4-7,13H,8-10,24H2,1-3H3,(H,25,29). The zero-order chi connectivity index (χ0) is 22.3. The van der Waals surface area contributed by atoms with Crippen LogP contribution < -0.4 is 20.7 Å². The summed E-state index contributed by atoms with van der Waals surface area (Å²) in [5.41, 5.74) is 8.93. The number of halogens is 2. The first-order valence-corrected chi connectivity index (χ1v) is 10.7. The number of nitrogens with zero attached hydrogens (tertiary/aromatic N) is 3. The molecule has 3 heterocycles. The second-order valence-electron chi connectivity index (χ2n) is 7.72. The summed E-state index contributed by atoms with van der Waals surface area (Å²) in [6, 6.07) is 6.52. The summed E-state index contributed by atoms with van der Waals surface area (Å²) in [7, 11) is 0. The van der Waals surface area contributed by atoms with Gasteiger partial charge in [-0.3, -0.25) is 4.79 Å². The largest absolute Gasteiger partial charge is 0.431 e. The number of hydrogen-bond acceptors (Lipinski definition) is 7. The van der Waals surface area contributed by atoms with Crippen LogP contribution in [0.4, 0.5) is 20.2 Å². The third-order valence-corrected chi connectivity index (χ3v) is 6.45. The summed E-state index contributed by atoms with van der Waals surface area (Å²) in [6.45, 7) is 5.54. The second kappa shape index (κ2) is 7.92. The van der Waals surface area contributed by atoms with E-state index in [0.29, 0.717) is 47.5 Å². The van der Waals surface area contributed by atoms with Crippen LogP contribution in [0.15, 0.2) is 24.3 Å². The van der Waals surface area contributed by atoms with Gasteiger partial charge >= 0.3 is 6.11 Å². The first-order valence-electron chi connectivity index (χ1n) is 9.87. The van der Waals surface area contributed by atoms with Gasteiger partial charge in [-0.05, 0) is 38.0 Å². The van der Waals surface area contributed by atoms with E-state index in [1.807, 2.05) is 18.7 Å². The summed E-state index contributed by atoms with van der Waals surface area (Å²) in [6.07, 6.45) is -2.60. The van der Waals surface area contributed by atoms with Gasteiger partial charge in [-0.1, -0.05) is 12.1 Å². The molecule has 0 radical (unpaired) electrons. The SMILES string of the molecule is Cc1nnc2sc(C(=O)NC3CCN(c4ccccc4OC(C)(F)F)C3)c(N)c2c1C. The molecule has 1 fully saturated rings. The second-order valence-corrected chi connectivity index (χ2v) is 8.72. The van der Waals surface area contributed by atoms with Crippen molar-refractivity contribution in [3.63, 3.8) is 0 Å². The number of carbonyl (C=O) groups is 1. The Kier molecular flexibility index (Phi) is 5.42. The Morgan fingerprint density at radius 3 is 2.81 bits per heavy atom. The Bertz CT molecular complexity index is 1140. The maximum Gasteiger partial charge on any atom is 0.394 e. The molecule has 1 aliphatic heterocycles. The van der Waals surface area contributed by atoms with E-state index in [2.05, 4.69) is 15.5 Å². The van der Waals surface area contributed by atoms with Crippen molar-refractivity contribution in [2.75, 3.05) is 23.7 Å². The molecule has 0 spiro atoms. The van der Waals surface area contributed by atoms with E-state index < -0.39 is 6.11 Å². The lowest BCUT2D eigenvalue weighted by molar-refractivity contribution is -0.158. The number of anilines is 2. The van der Waals surface area contributed by atoms with E-state index in [-0.39, 0.29) is 17.7 Å². The molecule has 4 rings (SSSR count). The minimum Gasteiger partial charge on any atom is -0.431 e. The minimum absolute atomic E-state index is 0.111. The minimum atomic E-state index is -3.28. The van der Waals surface area contributed by atoms with Crippen LogP contribution in [-0.2, 0) is 0 Å². The Labute approximate surface area is 182 Å². The molecule has 0 aliphatic carbocycles. The van der Waals surface area contributed by atoms with Gasteiger partial charge < -0.3 is 20.7 Å². The van der Waals surface area contributed by atoms with Crippen LogP contribution in [0.1, 0.15) is 34.3 Å². The van der Waals surface area contributed by atoms with Crippen molar-refractivity contribution in [3.8, 4) is 5.75 Å². The molecule has 1 aromatic carbocycles. The van der Waals surface area contributed by atoms with E-state index in [1.165, 1.54) is 17.4 Å². The molecule has 0 bridgehead atoms. The van der Waals surface area contributed by atoms with Crippen LogP contribution in [-0.4, -0.2) is 41.3 Å². The average molecular weight is 448 g/mol. The lowest BCUT2D eigenvalue weighted by Gasteiger charge is -2.23. The molecule has 1 saturated heterocycles. The molecular weight excluding hydrogens is 424 g/mol. The van der Waals surface area contributed by atoms with Crippen molar-refractivity contribution in [2.24, 2.45) is 0 Å². The van der Waals surface area contributed by atoms with Crippen LogP contribution in [0, 0.1) is 13.8 Å². The number of aromatic nitrogens is 2. The number of amides is 1. The summed E-state index contributed by atoms with van der Waals surface area (Å²) in [4.78, 5) is 15.9. The van der Waals surface area contributed by atoms with Gasteiger partial charge in [0.2, 0.25) is 0 Å². The number of nitrogens with one attached hydrogen (secondary N) is 1. The zero-order valence-electron chi connectivity index (χ0n) is 17.4.